The highest BCUT2D eigenvalue weighted by molar-refractivity contribution is 9.11. The molecule has 80 valence electrons. The second kappa shape index (κ2) is 6.65. The van der Waals surface area contributed by atoms with Crippen molar-refractivity contribution in [1.82, 2.24) is 0 Å². The van der Waals surface area contributed by atoms with Gasteiger partial charge in [0.05, 0.1) is 13.2 Å². The number of allylic oxidation sites excluding steroid dienone is 2. The van der Waals surface area contributed by atoms with Crippen LogP contribution in [-0.2, 0) is 4.74 Å². The van der Waals surface area contributed by atoms with E-state index in [-0.39, 0.29) is 12.1 Å². The van der Waals surface area contributed by atoms with Crippen molar-refractivity contribution in [1.29, 1.82) is 0 Å². The van der Waals surface area contributed by atoms with E-state index in [0.29, 0.717) is 0 Å². The molecule has 0 unspecified atom stereocenters. The minimum Gasteiger partial charge on any atom is -0.469 e. The molecule has 0 spiro atoms. The molecule has 14 heavy (non-hydrogen) atoms. The number of hydrogen-bond acceptors (Lipinski definition) is 2. The number of amidine groups is 1. The van der Waals surface area contributed by atoms with Crippen LogP contribution in [0.4, 0.5) is 0 Å². The van der Waals surface area contributed by atoms with Crippen LogP contribution in [0.2, 0.25) is 0 Å². The quantitative estimate of drug-likeness (QED) is 0.482. The van der Waals surface area contributed by atoms with E-state index >= 15 is 0 Å². The van der Waals surface area contributed by atoms with Crippen molar-refractivity contribution in [3.8, 4) is 0 Å². The van der Waals surface area contributed by atoms with Crippen LogP contribution in [0.5, 0.6) is 0 Å². The first-order chi connectivity index (χ1) is 6.52. The van der Waals surface area contributed by atoms with Crippen molar-refractivity contribution in [3.63, 3.8) is 0 Å². The Balaban J connectivity index is 4.80. The molecule has 1 atom stereocenters. The number of aliphatic imine (C=N–C) groups is 1. The molecule has 4 heteroatoms. The number of methoxy groups -OCH3 is 1. The summed E-state index contributed by atoms with van der Waals surface area (Å²) in [5.74, 6) is 0. The molecule has 0 saturated carbocycles. The first-order valence-corrected chi connectivity index (χ1v) is 5.18. The van der Waals surface area contributed by atoms with Crippen LogP contribution in [0.25, 0.3) is 0 Å². The van der Waals surface area contributed by atoms with Crippen molar-refractivity contribution >= 4 is 22.0 Å². The van der Waals surface area contributed by atoms with E-state index in [1.807, 2.05) is 32.9 Å². The molecule has 0 rings (SSSR count). The van der Waals surface area contributed by atoms with E-state index in [1.54, 1.807) is 0 Å². The molecule has 0 saturated heterocycles. The summed E-state index contributed by atoms with van der Waals surface area (Å²) in [6.45, 7) is 5.91. The van der Waals surface area contributed by atoms with E-state index in [0.717, 1.165) is 10.1 Å². The van der Waals surface area contributed by atoms with E-state index < -0.39 is 0 Å². The third kappa shape index (κ3) is 4.46. The third-order valence-electron chi connectivity index (χ3n) is 1.72. The SMILES string of the molecule is C/C=C\C(=C(/C)Br)[C@H](C)N=C(N)OC. The van der Waals surface area contributed by atoms with Gasteiger partial charge in [0, 0.05) is 0 Å². The lowest BCUT2D eigenvalue weighted by Gasteiger charge is -2.10. The Labute approximate surface area is 93.9 Å². The van der Waals surface area contributed by atoms with E-state index in [9.17, 15) is 0 Å². The van der Waals surface area contributed by atoms with Gasteiger partial charge in [-0.2, -0.15) is 0 Å². The Hall–Kier alpha value is -0.770. The lowest BCUT2D eigenvalue weighted by molar-refractivity contribution is 0.393. The fraction of sp³-hybridized carbons (Fsp3) is 0.500. The number of rotatable bonds is 3. The molecule has 2 N–H and O–H groups in total. The normalized spacial score (nSPS) is 16.8. The smallest absolute Gasteiger partial charge is 0.282 e. The summed E-state index contributed by atoms with van der Waals surface area (Å²) in [7, 11) is 1.51. The molecule has 0 bridgehead atoms. The summed E-state index contributed by atoms with van der Waals surface area (Å²) in [5.41, 5.74) is 6.56. The molecule has 0 aliphatic carbocycles. The van der Waals surface area contributed by atoms with Gasteiger partial charge in [0.2, 0.25) is 0 Å². The average molecular weight is 261 g/mol. The minimum atomic E-state index is -0.00877. The van der Waals surface area contributed by atoms with Gasteiger partial charge in [0.25, 0.3) is 6.02 Å². The molecule has 0 aromatic rings. The largest absolute Gasteiger partial charge is 0.469 e. The van der Waals surface area contributed by atoms with Gasteiger partial charge in [0.1, 0.15) is 0 Å². The number of ether oxygens (including phenoxy) is 1. The van der Waals surface area contributed by atoms with Crippen molar-refractivity contribution in [2.45, 2.75) is 26.8 Å². The number of halogens is 1. The lowest BCUT2D eigenvalue weighted by atomic mass is 10.1. The minimum absolute atomic E-state index is 0.00877. The molecule has 0 aromatic carbocycles. The zero-order chi connectivity index (χ0) is 11.1. The molecule has 3 nitrogen and oxygen atoms in total. The maximum absolute atomic E-state index is 5.47. The fourth-order valence-corrected chi connectivity index (χ4v) is 1.50. The van der Waals surface area contributed by atoms with Crippen molar-refractivity contribution in [2.75, 3.05) is 7.11 Å². The second-order valence-electron chi connectivity index (χ2n) is 2.84. The van der Waals surface area contributed by atoms with E-state index in [4.69, 9.17) is 10.5 Å². The Morgan fingerprint density at radius 1 is 1.57 bits per heavy atom. The van der Waals surface area contributed by atoms with E-state index in [1.165, 1.54) is 7.11 Å². The Kier molecular flexibility index (Phi) is 6.28. The predicted molar refractivity (Wildman–Crippen MR) is 64.5 cm³/mol. The monoisotopic (exact) mass is 260 g/mol. The number of nitrogens with two attached hydrogens (primary N) is 1. The summed E-state index contributed by atoms with van der Waals surface area (Å²) >= 11 is 3.43. The summed E-state index contributed by atoms with van der Waals surface area (Å²) in [6, 6.07) is 0.193. The molecule has 0 fully saturated rings. The standard InChI is InChI=1S/C10H17BrN2O/c1-5-6-9(7(2)11)8(3)13-10(12)14-4/h5-6,8H,1-4H3,(H2,12,13)/b6-5-,9-7-/t8-/m0/s1. The first kappa shape index (κ1) is 13.2. The predicted octanol–water partition coefficient (Wildman–Crippen LogP) is 2.58. The summed E-state index contributed by atoms with van der Waals surface area (Å²) in [4.78, 5) is 4.17. The van der Waals surface area contributed by atoms with Gasteiger partial charge in [0.15, 0.2) is 0 Å². The lowest BCUT2D eigenvalue weighted by Crippen LogP contribution is -2.17. The van der Waals surface area contributed by atoms with Gasteiger partial charge in [-0.15, -0.1) is 0 Å². The van der Waals surface area contributed by atoms with Crippen LogP contribution in [-0.4, -0.2) is 19.2 Å². The Morgan fingerprint density at radius 3 is 2.50 bits per heavy atom. The average Bonchev–Trinajstić information content (AvgIpc) is 2.13. The Bertz CT molecular complexity index is 265. The van der Waals surface area contributed by atoms with Gasteiger partial charge in [-0.25, -0.2) is 4.99 Å². The molecular formula is C10H17BrN2O. The van der Waals surface area contributed by atoms with Crippen LogP contribution in [0, 0.1) is 0 Å². The molecule has 0 radical (unpaired) electrons. The van der Waals surface area contributed by atoms with Crippen molar-refractivity contribution in [3.05, 3.63) is 22.2 Å². The number of hydrogen-bond donors (Lipinski definition) is 1. The maximum Gasteiger partial charge on any atom is 0.282 e. The van der Waals surface area contributed by atoms with Crippen LogP contribution < -0.4 is 5.73 Å². The highest BCUT2D eigenvalue weighted by Gasteiger charge is 2.07. The van der Waals surface area contributed by atoms with Gasteiger partial charge < -0.3 is 10.5 Å². The second-order valence-corrected chi connectivity index (χ2v) is 4.03. The topological polar surface area (TPSA) is 47.6 Å². The first-order valence-electron chi connectivity index (χ1n) is 4.39. The van der Waals surface area contributed by atoms with Crippen LogP contribution in [0.3, 0.4) is 0 Å². The van der Waals surface area contributed by atoms with E-state index in [2.05, 4.69) is 20.9 Å². The molecule has 0 heterocycles. The van der Waals surface area contributed by atoms with Gasteiger partial charge in [-0.3, -0.25) is 0 Å². The molecule has 0 aliphatic heterocycles. The summed E-state index contributed by atoms with van der Waals surface area (Å²) < 4.78 is 5.85. The van der Waals surface area contributed by atoms with Crippen molar-refractivity contribution < 1.29 is 4.74 Å². The zero-order valence-corrected chi connectivity index (χ0v) is 10.6. The van der Waals surface area contributed by atoms with Gasteiger partial charge >= 0.3 is 0 Å². The molecule has 0 aromatic heterocycles. The third-order valence-corrected chi connectivity index (χ3v) is 2.18. The highest BCUT2D eigenvalue weighted by Crippen LogP contribution is 2.18. The maximum atomic E-state index is 5.47. The molecular weight excluding hydrogens is 244 g/mol. The fourth-order valence-electron chi connectivity index (χ4n) is 1.03. The highest BCUT2D eigenvalue weighted by atomic mass is 79.9. The van der Waals surface area contributed by atoms with Crippen molar-refractivity contribution in [2.24, 2.45) is 10.7 Å². The summed E-state index contributed by atoms with van der Waals surface area (Å²) in [5, 5.41) is 0. The zero-order valence-electron chi connectivity index (χ0n) is 9.04. The van der Waals surface area contributed by atoms with Crippen LogP contribution >= 0.6 is 15.9 Å². The Morgan fingerprint density at radius 2 is 2.14 bits per heavy atom. The number of nitrogens with zero attached hydrogens (tertiary/aromatic N) is 1. The summed E-state index contributed by atoms with van der Waals surface area (Å²) in [6.07, 6.45) is 3.97. The van der Waals surface area contributed by atoms with Crippen LogP contribution in [0.1, 0.15) is 20.8 Å². The van der Waals surface area contributed by atoms with Crippen LogP contribution in [0.15, 0.2) is 27.2 Å². The van der Waals surface area contributed by atoms with Gasteiger partial charge in [-0.1, -0.05) is 28.1 Å². The molecule has 0 aliphatic rings. The van der Waals surface area contributed by atoms with Gasteiger partial charge in [-0.05, 0) is 30.8 Å². The molecule has 0 amide bonds.